The molecular weight excluding hydrogens is 224 g/mol. The van der Waals surface area contributed by atoms with Gasteiger partial charge in [-0.15, -0.1) is 0 Å². The summed E-state index contributed by atoms with van der Waals surface area (Å²) in [5, 5.41) is 6.24. The number of amides is 1. The van der Waals surface area contributed by atoms with E-state index in [1.54, 1.807) is 0 Å². The number of nitrogens with two attached hydrogens (primary N) is 2. The first-order valence-electron chi connectivity index (χ1n) is 4.65. The van der Waals surface area contributed by atoms with E-state index in [0.717, 1.165) is 23.0 Å². The fourth-order valence-electron chi connectivity index (χ4n) is 1.08. The SMILES string of the molecule is Cc1ccccc1NC(=O)CSC(N)=NN. The predicted molar refractivity (Wildman–Crippen MR) is 68.1 cm³/mol. The van der Waals surface area contributed by atoms with Gasteiger partial charge in [-0.2, -0.15) is 5.10 Å². The zero-order chi connectivity index (χ0) is 12.0. The first-order valence-corrected chi connectivity index (χ1v) is 5.63. The molecular formula is C10H14N4OS. The highest BCUT2D eigenvalue weighted by Gasteiger charge is 2.05. The Morgan fingerprint density at radius 2 is 2.19 bits per heavy atom. The van der Waals surface area contributed by atoms with Crippen molar-refractivity contribution in [1.29, 1.82) is 0 Å². The van der Waals surface area contributed by atoms with Crippen LogP contribution in [0.5, 0.6) is 0 Å². The minimum absolute atomic E-state index is 0.133. The maximum atomic E-state index is 11.5. The summed E-state index contributed by atoms with van der Waals surface area (Å²) in [5.41, 5.74) is 7.17. The number of hydrazone groups is 1. The van der Waals surface area contributed by atoms with Crippen LogP contribution in [0.2, 0.25) is 0 Å². The first-order chi connectivity index (χ1) is 7.63. The maximum absolute atomic E-state index is 11.5. The summed E-state index contributed by atoms with van der Waals surface area (Å²) >= 11 is 1.10. The van der Waals surface area contributed by atoms with E-state index in [9.17, 15) is 4.79 Å². The lowest BCUT2D eigenvalue weighted by molar-refractivity contribution is -0.113. The van der Waals surface area contributed by atoms with E-state index < -0.39 is 0 Å². The minimum atomic E-state index is -0.133. The van der Waals surface area contributed by atoms with Crippen molar-refractivity contribution >= 4 is 28.5 Å². The molecule has 0 aromatic heterocycles. The van der Waals surface area contributed by atoms with Gasteiger partial charge in [-0.1, -0.05) is 30.0 Å². The van der Waals surface area contributed by atoms with Crippen molar-refractivity contribution in [3.8, 4) is 0 Å². The Morgan fingerprint density at radius 3 is 2.81 bits per heavy atom. The Kier molecular flexibility index (Phi) is 4.65. The summed E-state index contributed by atoms with van der Waals surface area (Å²) in [7, 11) is 0. The Balaban J connectivity index is 2.49. The molecule has 86 valence electrons. The highest BCUT2D eigenvalue weighted by atomic mass is 32.2. The average Bonchev–Trinajstić information content (AvgIpc) is 2.29. The molecule has 0 aliphatic rings. The zero-order valence-corrected chi connectivity index (χ0v) is 9.75. The molecule has 0 atom stereocenters. The molecule has 0 aliphatic carbocycles. The van der Waals surface area contributed by atoms with E-state index in [4.69, 9.17) is 11.6 Å². The minimum Gasteiger partial charge on any atom is -0.377 e. The van der Waals surface area contributed by atoms with Gasteiger partial charge in [0, 0.05) is 5.69 Å². The Morgan fingerprint density at radius 1 is 1.50 bits per heavy atom. The van der Waals surface area contributed by atoms with Crippen LogP contribution in [0.4, 0.5) is 5.69 Å². The lowest BCUT2D eigenvalue weighted by atomic mass is 10.2. The second-order valence-corrected chi connectivity index (χ2v) is 4.11. The van der Waals surface area contributed by atoms with Gasteiger partial charge in [0.15, 0.2) is 5.17 Å². The highest BCUT2D eigenvalue weighted by molar-refractivity contribution is 8.14. The van der Waals surface area contributed by atoms with Crippen LogP contribution in [0, 0.1) is 6.92 Å². The number of amidine groups is 1. The van der Waals surface area contributed by atoms with Crippen molar-refractivity contribution in [3.63, 3.8) is 0 Å². The molecule has 0 spiro atoms. The predicted octanol–water partition coefficient (Wildman–Crippen LogP) is 0.855. The van der Waals surface area contributed by atoms with Crippen molar-refractivity contribution in [3.05, 3.63) is 29.8 Å². The Bertz CT molecular complexity index is 406. The van der Waals surface area contributed by atoms with Crippen molar-refractivity contribution in [2.24, 2.45) is 16.7 Å². The summed E-state index contributed by atoms with van der Waals surface area (Å²) in [4.78, 5) is 11.5. The van der Waals surface area contributed by atoms with Crippen molar-refractivity contribution < 1.29 is 4.79 Å². The Hall–Kier alpha value is -1.69. The van der Waals surface area contributed by atoms with Gasteiger partial charge in [0.25, 0.3) is 0 Å². The molecule has 0 radical (unpaired) electrons. The third-order valence-electron chi connectivity index (χ3n) is 1.90. The van der Waals surface area contributed by atoms with Gasteiger partial charge >= 0.3 is 0 Å². The number of nitrogens with one attached hydrogen (secondary N) is 1. The standard InChI is InChI=1S/C10H14N4OS/c1-7-4-2-3-5-8(7)13-9(15)6-16-10(11)14-12/h2-5H,6,12H2,1H3,(H2,11,14)(H,13,15). The first kappa shape index (κ1) is 12.4. The molecule has 0 heterocycles. The third kappa shape index (κ3) is 3.82. The second kappa shape index (κ2) is 6.02. The molecule has 1 amide bonds. The topological polar surface area (TPSA) is 93.5 Å². The zero-order valence-electron chi connectivity index (χ0n) is 8.93. The number of thioether (sulfide) groups is 1. The fraction of sp³-hybridized carbons (Fsp3) is 0.200. The van der Waals surface area contributed by atoms with E-state index >= 15 is 0 Å². The lowest BCUT2D eigenvalue weighted by Gasteiger charge is -2.07. The van der Waals surface area contributed by atoms with E-state index in [0.29, 0.717) is 0 Å². The third-order valence-corrected chi connectivity index (χ3v) is 2.71. The molecule has 0 saturated heterocycles. The number of para-hydroxylation sites is 1. The summed E-state index contributed by atoms with van der Waals surface area (Å²) in [6.07, 6.45) is 0. The van der Waals surface area contributed by atoms with Crippen molar-refractivity contribution in [2.45, 2.75) is 6.92 Å². The molecule has 0 fully saturated rings. The molecule has 1 aromatic carbocycles. The van der Waals surface area contributed by atoms with E-state index in [2.05, 4.69) is 10.4 Å². The van der Waals surface area contributed by atoms with Crippen LogP contribution < -0.4 is 16.9 Å². The smallest absolute Gasteiger partial charge is 0.234 e. The molecule has 0 saturated carbocycles. The van der Waals surface area contributed by atoms with Gasteiger partial charge in [0.05, 0.1) is 5.75 Å². The van der Waals surface area contributed by atoms with E-state index in [1.165, 1.54) is 0 Å². The monoisotopic (exact) mass is 238 g/mol. The molecule has 0 aliphatic heterocycles. The lowest BCUT2D eigenvalue weighted by Crippen LogP contribution is -2.18. The Labute approximate surface area is 98.3 Å². The van der Waals surface area contributed by atoms with Crippen LogP contribution in [0.25, 0.3) is 0 Å². The maximum Gasteiger partial charge on any atom is 0.234 e. The number of benzene rings is 1. The summed E-state index contributed by atoms with van der Waals surface area (Å²) in [5.74, 6) is 5.01. The summed E-state index contributed by atoms with van der Waals surface area (Å²) in [6, 6.07) is 7.56. The number of rotatable bonds is 3. The largest absolute Gasteiger partial charge is 0.377 e. The van der Waals surface area contributed by atoms with Crippen LogP contribution in [-0.2, 0) is 4.79 Å². The van der Waals surface area contributed by atoms with Crippen LogP contribution in [0.15, 0.2) is 29.4 Å². The molecule has 6 heteroatoms. The normalized spacial score (nSPS) is 11.2. The van der Waals surface area contributed by atoms with E-state index in [1.807, 2.05) is 31.2 Å². The van der Waals surface area contributed by atoms with E-state index in [-0.39, 0.29) is 16.8 Å². The summed E-state index contributed by atoms with van der Waals surface area (Å²) < 4.78 is 0. The van der Waals surface area contributed by atoms with Crippen molar-refractivity contribution in [2.75, 3.05) is 11.1 Å². The van der Waals surface area contributed by atoms with Gasteiger partial charge in [-0.3, -0.25) is 4.79 Å². The molecule has 16 heavy (non-hydrogen) atoms. The summed E-state index contributed by atoms with van der Waals surface area (Å²) in [6.45, 7) is 1.93. The van der Waals surface area contributed by atoms with Gasteiger partial charge in [-0.05, 0) is 18.6 Å². The molecule has 0 bridgehead atoms. The second-order valence-electron chi connectivity index (χ2n) is 3.12. The van der Waals surface area contributed by atoms with Crippen LogP contribution in [0.3, 0.4) is 0 Å². The quantitative estimate of drug-likeness (QED) is 0.315. The van der Waals surface area contributed by atoms with Gasteiger partial charge in [-0.25, -0.2) is 0 Å². The molecule has 0 unspecified atom stereocenters. The van der Waals surface area contributed by atoms with Crippen LogP contribution in [-0.4, -0.2) is 16.8 Å². The van der Waals surface area contributed by atoms with Gasteiger partial charge in [0.2, 0.25) is 5.91 Å². The number of carbonyl (C=O) groups excluding carboxylic acids is 1. The number of aryl methyl sites for hydroxylation is 1. The number of nitrogens with zero attached hydrogens (tertiary/aromatic N) is 1. The van der Waals surface area contributed by atoms with Crippen LogP contribution >= 0.6 is 11.8 Å². The number of hydrogen-bond acceptors (Lipinski definition) is 4. The van der Waals surface area contributed by atoms with Crippen LogP contribution in [0.1, 0.15) is 5.56 Å². The highest BCUT2D eigenvalue weighted by Crippen LogP contribution is 2.13. The molecule has 1 rings (SSSR count). The number of hydrogen-bond donors (Lipinski definition) is 3. The number of anilines is 1. The number of carbonyl (C=O) groups is 1. The fourth-order valence-corrected chi connectivity index (χ4v) is 1.50. The molecule has 5 nitrogen and oxygen atoms in total. The van der Waals surface area contributed by atoms with Crippen molar-refractivity contribution in [1.82, 2.24) is 0 Å². The molecule has 1 aromatic rings. The molecule has 5 N–H and O–H groups in total. The average molecular weight is 238 g/mol. The van der Waals surface area contributed by atoms with Gasteiger partial charge < -0.3 is 16.9 Å². The van der Waals surface area contributed by atoms with Gasteiger partial charge in [0.1, 0.15) is 0 Å².